The Bertz CT molecular complexity index is 1220. The van der Waals surface area contributed by atoms with Crippen LogP contribution in [0.5, 0.6) is 0 Å². The number of rotatable bonds is 10. The first-order chi connectivity index (χ1) is 18.1. The minimum Gasteiger partial charge on any atom is -0.396 e. The molecule has 37 heavy (non-hydrogen) atoms. The van der Waals surface area contributed by atoms with Gasteiger partial charge in [-0.25, -0.2) is 4.98 Å². The minimum absolute atomic E-state index is 0.0835. The Balaban J connectivity index is 1.21. The van der Waals surface area contributed by atoms with Crippen molar-refractivity contribution in [1.82, 2.24) is 19.7 Å². The van der Waals surface area contributed by atoms with Gasteiger partial charge >= 0.3 is 0 Å². The highest BCUT2D eigenvalue weighted by Crippen LogP contribution is 2.35. The third kappa shape index (κ3) is 5.83. The lowest BCUT2D eigenvalue weighted by Crippen LogP contribution is -2.45. The van der Waals surface area contributed by atoms with Crippen LogP contribution in [0.2, 0.25) is 0 Å². The maximum absolute atomic E-state index is 10.1. The molecule has 0 aliphatic carbocycles. The number of hydrogen-bond acceptors (Lipinski definition) is 6. The summed E-state index contributed by atoms with van der Waals surface area (Å²) in [5, 5.41) is 14.6. The first-order valence-electron chi connectivity index (χ1n) is 12.7. The van der Waals surface area contributed by atoms with Gasteiger partial charge in [0.2, 0.25) is 6.29 Å². The van der Waals surface area contributed by atoms with Gasteiger partial charge in [-0.15, -0.1) is 0 Å². The summed E-state index contributed by atoms with van der Waals surface area (Å²) in [5.74, 6) is 0.607. The van der Waals surface area contributed by atoms with Gasteiger partial charge in [-0.3, -0.25) is 4.68 Å². The molecule has 194 valence electrons. The first kappa shape index (κ1) is 25.4. The van der Waals surface area contributed by atoms with Gasteiger partial charge in [0, 0.05) is 30.0 Å². The van der Waals surface area contributed by atoms with E-state index in [-0.39, 0.29) is 6.61 Å². The molecule has 8 nitrogen and oxygen atoms in total. The number of aliphatic hydroxyl groups is 1. The highest BCUT2D eigenvalue weighted by atomic mass is 16.7. The van der Waals surface area contributed by atoms with Crippen LogP contribution in [-0.4, -0.2) is 57.9 Å². The molecule has 4 aromatic rings. The number of nitrogens with zero attached hydrogens (tertiary/aromatic N) is 3. The molecule has 0 saturated carbocycles. The second-order valence-electron chi connectivity index (χ2n) is 9.75. The lowest BCUT2D eigenvalue weighted by molar-refractivity contribution is -0.253. The van der Waals surface area contributed by atoms with E-state index in [0.29, 0.717) is 32.3 Å². The number of aromatic amines is 1. The van der Waals surface area contributed by atoms with Gasteiger partial charge in [-0.1, -0.05) is 60.7 Å². The summed E-state index contributed by atoms with van der Waals surface area (Å²) in [6.45, 7) is 6.32. The summed E-state index contributed by atoms with van der Waals surface area (Å²) in [5.41, 5.74) is 5.37. The number of imidazole rings is 1. The van der Waals surface area contributed by atoms with E-state index in [2.05, 4.69) is 35.2 Å². The summed E-state index contributed by atoms with van der Waals surface area (Å²) in [6.07, 6.45) is 0.190. The number of H-pyrrole nitrogens is 1. The van der Waals surface area contributed by atoms with Crippen molar-refractivity contribution < 1.29 is 19.3 Å². The summed E-state index contributed by atoms with van der Waals surface area (Å²) in [4.78, 5) is 8.30. The van der Waals surface area contributed by atoms with Crippen molar-refractivity contribution in [3.63, 3.8) is 0 Å². The van der Waals surface area contributed by atoms with Crippen LogP contribution in [0.4, 0.5) is 0 Å². The third-order valence-corrected chi connectivity index (χ3v) is 6.64. The van der Waals surface area contributed by atoms with Gasteiger partial charge in [0.25, 0.3) is 0 Å². The Labute approximate surface area is 217 Å². The molecule has 3 heterocycles. The SMILES string of the molecule is Cc1cc(C)n(CCCOC[C@]2(CO)CO[C@H](c3nc(-c4ccccc4)c(-c4ccccc4)[nH]3)OC2)n1. The average molecular weight is 503 g/mol. The highest BCUT2D eigenvalue weighted by molar-refractivity contribution is 5.78. The second-order valence-corrected chi connectivity index (χ2v) is 9.75. The fourth-order valence-electron chi connectivity index (χ4n) is 4.60. The average Bonchev–Trinajstić information content (AvgIpc) is 3.52. The molecule has 1 saturated heterocycles. The molecule has 1 aliphatic heterocycles. The number of aliphatic hydroxyl groups excluding tert-OH is 1. The van der Waals surface area contributed by atoms with Crippen LogP contribution in [0.25, 0.3) is 22.5 Å². The molecule has 0 bridgehead atoms. The van der Waals surface area contributed by atoms with Crippen LogP contribution < -0.4 is 0 Å². The Kier molecular flexibility index (Phi) is 7.81. The van der Waals surface area contributed by atoms with Gasteiger partial charge in [0.1, 0.15) is 0 Å². The third-order valence-electron chi connectivity index (χ3n) is 6.64. The fraction of sp³-hybridized carbons (Fsp3) is 0.379. The molecule has 2 N–H and O–H groups in total. The van der Waals surface area contributed by atoms with E-state index >= 15 is 0 Å². The molecule has 2 aromatic heterocycles. The number of benzene rings is 2. The maximum Gasteiger partial charge on any atom is 0.217 e. The highest BCUT2D eigenvalue weighted by Gasteiger charge is 2.38. The molecular formula is C29H34N4O4. The normalized spacial score (nSPS) is 19.8. The van der Waals surface area contributed by atoms with E-state index in [1.165, 1.54) is 0 Å². The Morgan fingerprint density at radius 3 is 2.32 bits per heavy atom. The number of aromatic nitrogens is 4. The quantitative estimate of drug-likeness (QED) is 0.306. The Morgan fingerprint density at radius 2 is 1.70 bits per heavy atom. The topological polar surface area (TPSA) is 94.4 Å². The molecule has 8 heteroatoms. The molecule has 0 amide bonds. The van der Waals surface area contributed by atoms with Crippen LogP contribution in [-0.2, 0) is 20.8 Å². The number of aryl methyl sites for hydroxylation is 3. The summed E-state index contributed by atoms with van der Waals surface area (Å²) >= 11 is 0. The van der Waals surface area contributed by atoms with Crippen molar-refractivity contribution >= 4 is 0 Å². The van der Waals surface area contributed by atoms with Crippen LogP contribution in [0, 0.1) is 19.3 Å². The van der Waals surface area contributed by atoms with E-state index in [4.69, 9.17) is 19.2 Å². The zero-order chi connectivity index (χ0) is 25.7. The molecule has 0 spiro atoms. The van der Waals surface area contributed by atoms with E-state index < -0.39 is 11.7 Å². The summed E-state index contributed by atoms with van der Waals surface area (Å²) in [7, 11) is 0. The minimum atomic E-state index is -0.648. The summed E-state index contributed by atoms with van der Waals surface area (Å²) in [6, 6.07) is 22.2. The van der Waals surface area contributed by atoms with Crippen molar-refractivity contribution in [2.24, 2.45) is 5.41 Å². The van der Waals surface area contributed by atoms with Crippen LogP contribution in [0.3, 0.4) is 0 Å². The molecule has 2 aromatic carbocycles. The van der Waals surface area contributed by atoms with Gasteiger partial charge in [0.05, 0.1) is 48.9 Å². The number of hydrogen-bond donors (Lipinski definition) is 2. The monoisotopic (exact) mass is 502 g/mol. The fourth-order valence-corrected chi connectivity index (χ4v) is 4.60. The summed E-state index contributed by atoms with van der Waals surface area (Å²) < 4.78 is 20.1. The van der Waals surface area contributed by atoms with E-state index in [1.54, 1.807) is 0 Å². The maximum atomic E-state index is 10.1. The molecule has 0 unspecified atom stereocenters. The smallest absolute Gasteiger partial charge is 0.217 e. The number of nitrogens with one attached hydrogen (secondary N) is 1. The molecular weight excluding hydrogens is 468 g/mol. The van der Waals surface area contributed by atoms with E-state index in [0.717, 1.165) is 46.9 Å². The van der Waals surface area contributed by atoms with Crippen molar-refractivity contribution in [2.45, 2.75) is 33.1 Å². The van der Waals surface area contributed by atoms with Crippen LogP contribution >= 0.6 is 0 Å². The van der Waals surface area contributed by atoms with Gasteiger partial charge in [-0.05, 0) is 26.3 Å². The zero-order valence-corrected chi connectivity index (χ0v) is 21.4. The first-order valence-corrected chi connectivity index (χ1v) is 12.7. The van der Waals surface area contributed by atoms with Crippen molar-refractivity contribution in [2.75, 3.05) is 33.0 Å². The molecule has 1 aliphatic rings. The van der Waals surface area contributed by atoms with E-state index in [9.17, 15) is 5.11 Å². The van der Waals surface area contributed by atoms with Crippen LogP contribution in [0.15, 0.2) is 66.7 Å². The standard InChI is InChI=1S/C29H34N4O4/c1-21-16-22(2)33(32-21)14-9-15-35-18-29(17-34)19-36-28(37-20-29)27-30-25(23-10-5-3-6-11-23)26(31-27)24-12-7-4-8-13-24/h3-8,10-13,16,28,34H,9,14-15,17-20H2,1-2H3,(H,30,31)/t28-,29+. The number of ether oxygens (including phenoxy) is 3. The van der Waals surface area contributed by atoms with Crippen molar-refractivity contribution in [3.8, 4) is 22.5 Å². The molecule has 0 radical (unpaired) electrons. The Morgan fingerprint density at radius 1 is 1.03 bits per heavy atom. The lowest BCUT2D eigenvalue weighted by Gasteiger charge is -2.37. The Hall–Kier alpha value is -3.30. The van der Waals surface area contributed by atoms with Crippen molar-refractivity contribution in [1.29, 1.82) is 0 Å². The zero-order valence-electron chi connectivity index (χ0n) is 21.4. The van der Waals surface area contributed by atoms with Gasteiger partial charge in [0.15, 0.2) is 5.82 Å². The van der Waals surface area contributed by atoms with Gasteiger partial charge < -0.3 is 24.3 Å². The molecule has 5 rings (SSSR count). The lowest BCUT2D eigenvalue weighted by atomic mass is 9.91. The predicted octanol–water partition coefficient (Wildman–Crippen LogP) is 4.69. The predicted molar refractivity (Wildman–Crippen MR) is 141 cm³/mol. The largest absolute Gasteiger partial charge is 0.396 e. The van der Waals surface area contributed by atoms with E-state index in [1.807, 2.05) is 60.1 Å². The second kappa shape index (κ2) is 11.4. The molecule has 1 fully saturated rings. The van der Waals surface area contributed by atoms with Crippen molar-refractivity contribution in [3.05, 3.63) is 83.9 Å². The molecule has 0 atom stereocenters. The van der Waals surface area contributed by atoms with Gasteiger partial charge in [-0.2, -0.15) is 5.10 Å². The van der Waals surface area contributed by atoms with Crippen LogP contribution in [0.1, 0.15) is 29.9 Å².